The summed E-state index contributed by atoms with van der Waals surface area (Å²) in [4.78, 5) is 27.9. The maximum atomic E-state index is 13.3. The highest BCUT2D eigenvalue weighted by Gasteiger charge is 2.24. The van der Waals surface area contributed by atoms with Crippen molar-refractivity contribution in [1.29, 1.82) is 0 Å². The quantitative estimate of drug-likeness (QED) is 0.420. The Morgan fingerprint density at radius 1 is 0.774 bits per heavy atom. The van der Waals surface area contributed by atoms with Gasteiger partial charge in [0.05, 0.1) is 10.9 Å². The molecule has 0 saturated heterocycles. The highest BCUT2D eigenvalue weighted by Crippen LogP contribution is 2.29. The molecule has 0 saturated carbocycles. The molecule has 2 amide bonds. The van der Waals surface area contributed by atoms with Crippen LogP contribution in [0.5, 0.6) is 0 Å². The molecule has 4 aromatic rings. The first-order valence-electron chi connectivity index (χ1n) is 9.95. The molecule has 0 atom stereocenters. The van der Waals surface area contributed by atoms with E-state index in [4.69, 9.17) is 0 Å². The first kappa shape index (κ1) is 20.6. The summed E-state index contributed by atoms with van der Waals surface area (Å²) in [5.41, 5.74) is 3.31. The number of rotatable bonds is 6. The van der Waals surface area contributed by atoms with Gasteiger partial charge in [0.25, 0.3) is 11.8 Å². The number of nitrogens with one attached hydrogen (secondary N) is 1. The average Bonchev–Trinajstić information content (AvgIpc) is 3.36. The second kappa shape index (κ2) is 9.41. The number of thiophene rings is 1. The summed E-state index contributed by atoms with van der Waals surface area (Å²) in [6.07, 6.45) is 0. The predicted molar refractivity (Wildman–Crippen MR) is 126 cm³/mol. The summed E-state index contributed by atoms with van der Waals surface area (Å²) >= 11 is 1.39. The van der Waals surface area contributed by atoms with Crippen molar-refractivity contribution in [2.45, 2.75) is 6.04 Å². The third-order valence-electron chi connectivity index (χ3n) is 5.07. The Morgan fingerprint density at radius 3 is 1.87 bits per heavy atom. The smallest absolute Gasteiger partial charge is 0.265 e. The lowest BCUT2D eigenvalue weighted by atomic mass is 9.97. The van der Waals surface area contributed by atoms with Crippen LogP contribution in [-0.2, 0) is 0 Å². The van der Waals surface area contributed by atoms with Gasteiger partial charge in [-0.25, -0.2) is 0 Å². The van der Waals surface area contributed by atoms with E-state index in [1.807, 2.05) is 79.2 Å². The SMILES string of the molecule is CN(C(=O)c1ccc(NC(=O)c2cccs2)cc1)C(c1ccccc1)c1ccccc1. The van der Waals surface area contributed by atoms with Gasteiger partial charge in [0.2, 0.25) is 0 Å². The van der Waals surface area contributed by atoms with Crippen LogP contribution in [0, 0.1) is 0 Å². The highest BCUT2D eigenvalue weighted by molar-refractivity contribution is 7.12. The van der Waals surface area contributed by atoms with E-state index in [2.05, 4.69) is 5.32 Å². The number of hydrogen-bond acceptors (Lipinski definition) is 3. The summed E-state index contributed by atoms with van der Waals surface area (Å²) in [5, 5.41) is 4.72. The zero-order valence-corrected chi connectivity index (χ0v) is 17.9. The molecule has 1 aromatic heterocycles. The van der Waals surface area contributed by atoms with Crippen LogP contribution in [0.25, 0.3) is 0 Å². The van der Waals surface area contributed by atoms with Gasteiger partial charge in [-0.05, 0) is 46.8 Å². The van der Waals surface area contributed by atoms with E-state index in [1.165, 1.54) is 11.3 Å². The standard InChI is InChI=1S/C26H22N2O2S/c1-28(24(19-9-4-2-5-10-19)20-11-6-3-7-12-20)26(30)21-14-16-22(17-15-21)27-25(29)23-13-8-18-31-23/h2-18,24H,1H3,(H,27,29). The molecule has 0 aliphatic heterocycles. The predicted octanol–water partition coefficient (Wildman–Crippen LogP) is 5.86. The zero-order valence-electron chi connectivity index (χ0n) is 17.1. The minimum atomic E-state index is -0.201. The van der Waals surface area contributed by atoms with Crippen molar-refractivity contribution in [3.63, 3.8) is 0 Å². The van der Waals surface area contributed by atoms with Crippen molar-refractivity contribution in [2.24, 2.45) is 0 Å². The van der Waals surface area contributed by atoms with Gasteiger partial charge in [-0.2, -0.15) is 0 Å². The van der Waals surface area contributed by atoms with Crippen LogP contribution in [-0.4, -0.2) is 23.8 Å². The fraction of sp³-hybridized carbons (Fsp3) is 0.0769. The van der Waals surface area contributed by atoms with E-state index in [1.54, 1.807) is 35.2 Å². The molecular weight excluding hydrogens is 404 g/mol. The minimum absolute atomic E-state index is 0.0890. The second-order valence-corrected chi connectivity index (χ2v) is 8.10. The summed E-state index contributed by atoms with van der Waals surface area (Å²) in [7, 11) is 1.82. The van der Waals surface area contributed by atoms with Crippen LogP contribution in [0.1, 0.15) is 37.2 Å². The van der Waals surface area contributed by atoms with Crippen molar-refractivity contribution in [3.8, 4) is 0 Å². The van der Waals surface area contributed by atoms with Crippen molar-refractivity contribution < 1.29 is 9.59 Å². The molecule has 5 heteroatoms. The van der Waals surface area contributed by atoms with E-state index >= 15 is 0 Å². The monoisotopic (exact) mass is 426 g/mol. The largest absolute Gasteiger partial charge is 0.331 e. The summed E-state index contributed by atoms with van der Waals surface area (Å²) in [6.45, 7) is 0. The van der Waals surface area contributed by atoms with Crippen molar-refractivity contribution in [2.75, 3.05) is 12.4 Å². The number of amides is 2. The van der Waals surface area contributed by atoms with Gasteiger partial charge in [0, 0.05) is 18.3 Å². The Balaban J connectivity index is 1.55. The molecule has 0 fully saturated rings. The normalized spacial score (nSPS) is 10.6. The van der Waals surface area contributed by atoms with Gasteiger partial charge in [0.15, 0.2) is 0 Å². The van der Waals surface area contributed by atoms with Crippen LogP contribution >= 0.6 is 11.3 Å². The number of nitrogens with zero attached hydrogens (tertiary/aromatic N) is 1. The maximum Gasteiger partial charge on any atom is 0.265 e. The van der Waals surface area contributed by atoms with Crippen molar-refractivity contribution >= 4 is 28.8 Å². The van der Waals surface area contributed by atoms with Crippen LogP contribution < -0.4 is 5.32 Å². The van der Waals surface area contributed by atoms with Gasteiger partial charge < -0.3 is 10.2 Å². The summed E-state index contributed by atoms with van der Waals surface area (Å²) < 4.78 is 0. The fourth-order valence-electron chi connectivity index (χ4n) is 3.53. The third-order valence-corrected chi connectivity index (χ3v) is 5.94. The molecule has 3 aromatic carbocycles. The molecule has 0 unspecified atom stereocenters. The van der Waals surface area contributed by atoms with E-state index in [0.29, 0.717) is 16.1 Å². The molecule has 154 valence electrons. The minimum Gasteiger partial charge on any atom is -0.331 e. The van der Waals surface area contributed by atoms with Crippen molar-refractivity contribution in [3.05, 3.63) is 124 Å². The first-order chi connectivity index (χ1) is 15.1. The maximum absolute atomic E-state index is 13.3. The lowest BCUT2D eigenvalue weighted by Crippen LogP contribution is -2.32. The molecule has 0 bridgehead atoms. The molecule has 31 heavy (non-hydrogen) atoms. The van der Waals surface area contributed by atoms with Crippen molar-refractivity contribution in [1.82, 2.24) is 4.90 Å². The van der Waals surface area contributed by atoms with Gasteiger partial charge in [-0.1, -0.05) is 66.7 Å². The first-order valence-corrected chi connectivity index (χ1v) is 10.8. The number of hydrogen-bond donors (Lipinski definition) is 1. The summed E-state index contributed by atoms with van der Waals surface area (Å²) in [5.74, 6) is -0.242. The Kier molecular flexibility index (Phi) is 6.24. The van der Waals surface area contributed by atoms with Gasteiger partial charge in [-0.15, -0.1) is 11.3 Å². The molecule has 0 radical (unpaired) electrons. The Bertz CT molecular complexity index is 1100. The van der Waals surface area contributed by atoms with E-state index in [9.17, 15) is 9.59 Å². The molecule has 0 spiro atoms. The molecule has 1 heterocycles. The van der Waals surface area contributed by atoms with Gasteiger partial charge in [0.1, 0.15) is 0 Å². The van der Waals surface area contributed by atoms with Crippen LogP contribution in [0.4, 0.5) is 5.69 Å². The molecule has 1 N–H and O–H groups in total. The lowest BCUT2D eigenvalue weighted by Gasteiger charge is -2.29. The van der Waals surface area contributed by atoms with Crippen LogP contribution in [0.3, 0.4) is 0 Å². The van der Waals surface area contributed by atoms with E-state index in [0.717, 1.165) is 11.1 Å². The zero-order chi connectivity index (χ0) is 21.6. The average molecular weight is 427 g/mol. The van der Waals surface area contributed by atoms with Crippen LogP contribution in [0.2, 0.25) is 0 Å². The fourth-order valence-corrected chi connectivity index (χ4v) is 4.15. The summed E-state index contributed by atoms with van der Waals surface area (Å²) in [6, 6.07) is 30.4. The Morgan fingerprint density at radius 2 is 1.35 bits per heavy atom. The number of anilines is 1. The second-order valence-electron chi connectivity index (χ2n) is 7.15. The molecular formula is C26H22N2O2S. The molecule has 4 nitrogen and oxygen atoms in total. The Labute approximate surface area is 185 Å². The highest BCUT2D eigenvalue weighted by atomic mass is 32.1. The number of benzene rings is 3. The van der Waals surface area contributed by atoms with Crippen LogP contribution in [0.15, 0.2) is 102 Å². The van der Waals surface area contributed by atoms with E-state index < -0.39 is 0 Å². The molecule has 0 aliphatic rings. The molecule has 0 aliphatic carbocycles. The molecule has 4 rings (SSSR count). The van der Waals surface area contributed by atoms with E-state index in [-0.39, 0.29) is 17.9 Å². The number of carbonyl (C=O) groups excluding carboxylic acids is 2. The topological polar surface area (TPSA) is 49.4 Å². The van der Waals surface area contributed by atoms with Gasteiger partial charge >= 0.3 is 0 Å². The Hall–Kier alpha value is -3.70. The number of carbonyl (C=O) groups is 2. The third kappa shape index (κ3) is 4.73. The van der Waals surface area contributed by atoms with Gasteiger partial charge in [-0.3, -0.25) is 9.59 Å². The lowest BCUT2D eigenvalue weighted by molar-refractivity contribution is 0.0755.